The molecule has 0 aliphatic rings. The summed E-state index contributed by atoms with van der Waals surface area (Å²) < 4.78 is 5.50. The van der Waals surface area contributed by atoms with Gasteiger partial charge in [0.2, 0.25) is 5.91 Å². The molecule has 1 aromatic carbocycles. The number of hydrogen-bond donors (Lipinski definition) is 1. The van der Waals surface area contributed by atoms with Crippen molar-refractivity contribution < 1.29 is 9.53 Å². The molecular weight excluding hydrogens is 334 g/mol. The van der Waals surface area contributed by atoms with Crippen LogP contribution in [0.4, 0.5) is 5.69 Å². The number of pyridine rings is 1. The Balaban J connectivity index is 1.95. The fraction of sp³-hybridized carbons (Fsp3) is 0.316. The molecule has 0 saturated carbocycles. The van der Waals surface area contributed by atoms with Gasteiger partial charge in [-0.3, -0.25) is 4.79 Å². The number of anilines is 1. The van der Waals surface area contributed by atoms with E-state index in [0.717, 1.165) is 11.3 Å². The largest absolute Gasteiger partial charge is 0.492 e. The van der Waals surface area contributed by atoms with Gasteiger partial charge in [-0.15, -0.1) is 11.8 Å². The van der Waals surface area contributed by atoms with Crippen LogP contribution >= 0.6 is 11.8 Å². The molecule has 1 amide bonds. The summed E-state index contributed by atoms with van der Waals surface area (Å²) >= 11 is 1.43. The van der Waals surface area contributed by atoms with Crippen LogP contribution in [0.15, 0.2) is 35.4 Å². The first-order valence-electron chi connectivity index (χ1n) is 8.08. The lowest BCUT2D eigenvalue weighted by molar-refractivity contribution is -0.115. The predicted octanol–water partition coefficient (Wildman–Crippen LogP) is 4.09. The molecule has 0 atom stereocenters. The van der Waals surface area contributed by atoms with E-state index in [1.165, 1.54) is 11.8 Å². The molecule has 1 aromatic heterocycles. The standard InChI is InChI=1S/C19H21N3O2S/c1-4-24-17-8-6-5-7-16(17)22-18(23)9-10-25-19-15(12-20)13(2)11-14(3)21-19/h5-8,11H,4,9-10H2,1-3H3,(H,22,23). The first-order valence-corrected chi connectivity index (χ1v) is 9.06. The maximum absolute atomic E-state index is 12.2. The SMILES string of the molecule is CCOc1ccccc1NC(=O)CCSc1nc(C)cc(C)c1C#N. The highest BCUT2D eigenvalue weighted by Crippen LogP contribution is 2.26. The molecular formula is C19H21N3O2S. The van der Waals surface area contributed by atoms with Gasteiger partial charge in [0.05, 0.1) is 17.9 Å². The average Bonchev–Trinajstić information content (AvgIpc) is 2.56. The number of nitrogens with one attached hydrogen (secondary N) is 1. The van der Waals surface area contributed by atoms with E-state index in [1.54, 1.807) is 0 Å². The van der Waals surface area contributed by atoms with Crippen LogP contribution in [0, 0.1) is 25.2 Å². The van der Waals surface area contributed by atoms with Crippen molar-refractivity contribution in [3.8, 4) is 11.8 Å². The summed E-state index contributed by atoms with van der Waals surface area (Å²) in [5, 5.41) is 12.8. The molecule has 0 aliphatic heterocycles. The van der Waals surface area contributed by atoms with Crippen molar-refractivity contribution in [1.29, 1.82) is 5.26 Å². The van der Waals surface area contributed by atoms with Crippen molar-refractivity contribution >= 4 is 23.4 Å². The van der Waals surface area contributed by atoms with Gasteiger partial charge in [-0.1, -0.05) is 12.1 Å². The number of aryl methyl sites for hydroxylation is 2. The Kier molecular flexibility index (Phi) is 6.84. The Bertz CT molecular complexity index is 800. The summed E-state index contributed by atoms with van der Waals surface area (Å²) in [4.78, 5) is 16.6. The first-order chi connectivity index (χ1) is 12.0. The highest BCUT2D eigenvalue weighted by Gasteiger charge is 2.11. The van der Waals surface area contributed by atoms with Crippen LogP contribution in [-0.2, 0) is 4.79 Å². The van der Waals surface area contributed by atoms with E-state index in [0.29, 0.717) is 40.8 Å². The topological polar surface area (TPSA) is 75.0 Å². The quantitative estimate of drug-likeness (QED) is 0.757. The fourth-order valence-corrected chi connectivity index (χ4v) is 3.39. The normalized spacial score (nSPS) is 10.2. The number of rotatable bonds is 7. The molecule has 1 N–H and O–H groups in total. The van der Waals surface area contributed by atoms with E-state index >= 15 is 0 Å². The Morgan fingerprint density at radius 2 is 2.12 bits per heavy atom. The maximum Gasteiger partial charge on any atom is 0.225 e. The van der Waals surface area contributed by atoms with Crippen molar-refractivity contribution in [2.24, 2.45) is 0 Å². The summed E-state index contributed by atoms with van der Waals surface area (Å²) in [6, 6.07) is 11.4. The zero-order chi connectivity index (χ0) is 18.2. The molecule has 2 aromatic rings. The van der Waals surface area contributed by atoms with Crippen LogP contribution in [0.25, 0.3) is 0 Å². The van der Waals surface area contributed by atoms with Gasteiger partial charge in [0.15, 0.2) is 0 Å². The van der Waals surface area contributed by atoms with Crippen molar-refractivity contribution in [3.63, 3.8) is 0 Å². The molecule has 0 saturated heterocycles. The van der Waals surface area contributed by atoms with Crippen molar-refractivity contribution in [2.75, 3.05) is 17.7 Å². The van der Waals surface area contributed by atoms with Gasteiger partial charge < -0.3 is 10.1 Å². The van der Waals surface area contributed by atoms with Gasteiger partial charge in [0.1, 0.15) is 16.8 Å². The highest BCUT2D eigenvalue weighted by atomic mass is 32.2. The van der Waals surface area contributed by atoms with Crippen LogP contribution in [0.1, 0.15) is 30.2 Å². The zero-order valence-corrected chi connectivity index (χ0v) is 15.4. The number of nitriles is 1. The lowest BCUT2D eigenvalue weighted by Gasteiger charge is -2.11. The third kappa shape index (κ3) is 5.23. The Morgan fingerprint density at radius 3 is 2.84 bits per heavy atom. The fourth-order valence-electron chi connectivity index (χ4n) is 2.35. The summed E-state index contributed by atoms with van der Waals surface area (Å²) in [5.41, 5.74) is 3.03. The molecule has 0 aliphatic carbocycles. The van der Waals surface area contributed by atoms with E-state index < -0.39 is 0 Å². The smallest absolute Gasteiger partial charge is 0.225 e. The van der Waals surface area contributed by atoms with Crippen LogP contribution in [-0.4, -0.2) is 23.3 Å². The van der Waals surface area contributed by atoms with Gasteiger partial charge in [-0.2, -0.15) is 5.26 Å². The molecule has 2 rings (SSSR count). The van der Waals surface area contributed by atoms with Gasteiger partial charge in [0.25, 0.3) is 0 Å². The van der Waals surface area contributed by atoms with E-state index in [2.05, 4.69) is 16.4 Å². The summed E-state index contributed by atoms with van der Waals surface area (Å²) in [5.74, 6) is 1.11. The molecule has 130 valence electrons. The van der Waals surface area contributed by atoms with Crippen molar-refractivity contribution in [2.45, 2.75) is 32.2 Å². The second-order valence-corrected chi connectivity index (χ2v) is 6.53. The Morgan fingerprint density at radius 1 is 1.36 bits per heavy atom. The first kappa shape index (κ1) is 18.8. The molecule has 0 bridgehead atoms. The molecule has 0 fully saturated rings. The number of thioether (sulfide) groups is 1. The minimum Gasteiger partial charge on any atom is -0.492 e. The predicted molar refractivity (Wildman–Crippen MR) is 100 cm³/mol. The number of hydrogen-bond acceptors (Lipinski definition) is 5. The number of nitrogens with zero attached hydrogens (tertiary/aromatic N) is 2. The monoisotopic (exact) mass is 355 g/mol. The third-order valence-electron chi connectivity index (χ3n) is 3.45. The number of amides is 1. The van der Waals surface area contributed by atoms with E-state index in [1.807, 2.05) is 51.1 Å². The second kappa shape index (κ2) is 9.09. The van der Waals surface area contributed by atoms with E-state index in [4.69, 9.17) is 4.74 Å². The van der Waals surface area contributed by atoms with Gasteiger partial charge >= 0.3 is 0 Å². The summed E-state index contributed by atoms with van der Waals surface area (Å²) in [7, 11) is 0. The second-order valence-electron chi connectivity index (χ2n) is 5.45. The van der Waals surface area contributed by atoms with Gasteiger partial charge in [0, 0.05) is 17.9 Å². The maximum atomic E-state index is 12.2. The number of para-hydroxylation sites is 2. The van der Waals surface area contributed by atoms with Crippen LogP contribution in [0.2, 0.25) is 0 Å². The summed E-state index contributed by atoms with van der Waals surface area (Å²) in [6.07, 6.45) is 0.324. The van der Waals surface area contributed by atoms with Gasteiger partial charge in [-0.05, 0) is 44.5 Å². The lowest BCUT2D eigenvalue weighted by Crippen LogP contribution is -2.13. The number of carbonyl (C=O) groups excluding carboxylic acids is 1. The molecule has 1 heterocycles. The Hall–Kier alpha value is -2.52. The van der Waals surface area contributed by atoms with Crippen molar-refractivity contribution in [3.05, 3.63) is 47.2 Å². The Labute approximate surface area is 152 Å². The van der Waals surface area contributed by atoms with Crippen molar-refractivity contribution in [1.82, 2.24) is 4.98 Å². The highest BCUT2D eigenvalue weighted by molar-refractivity contribution is 7.99. The lowest BCUT2D eigenvalue weighted by atomic mass is 10.1. The molecule has 5 nitrogen and oxygen atoms in total. The average molecular weight is 355 g/mol. The van der Waals surface area contributed by atoms with Gasteiger partial charge in [-0.25, -0.2) is 4.98 Å². The number of benzene rings is 1. The number of carbonyl (C=O) groups is 1. The van der Waals surface area contributed by atoms with Crippen LogP contribution < -0.4 is 10.1 Å². The molecule has 25 heavy (non-hydrogen) atoms. The molecule has 0 radical (unpaired) electrons. The minimum absolute atomic E-state index is 0.0949. The molecule has 0 spiro atoms. The van der Waals surface area contributed by atoms with E-state index in [9.17, 15) is 10.1 Å². The summed E-state index contributed by atoms with van der Waals surface area (Å²) in [6.45, 7) is 6.24. The van der Waals surface area contributed by atoms with Crippen LogP contribution in [0.3, 0.4) is 0 Å². The number of aromatic nitrogens is 1. The van der Waals surface area contributed by atoms with E-state index in [-0.39, 0.29) is 5.91 Å². The number of ether oxygens (including phenoxy) is 1. The van der Waals surface area contributed by atoms with Crippen LogP contribution in [0.5, 0.6) is 5.75 Å². The molecule has 6 heteroatoms. The minimum atomic E-state index is -0.0949. The third-order valence-corrected chi connectivity index (χ3v) is 4.43. The zero-order valence-electron chi connectivity index (χ0n) is 14.6. The molecule has 0 unspecified atom stereocenters.